The number of carbonyl (C=O) groups is 1. The molecule has 2 aliphatic carbocycles. The third-order valence-corrected chi connectivity index (χ3v) is 8.61. The van der Waals surface area contributed by atoms with Crippen molar-refractivity contribution in [2.45, 2.75) is 69.5 Å². The molecule has 3 aromatic rings. The first kappa shape index (κ1) is 25.8. The molecule has 3 aliphatic rings. The number of anilines is 1. The van der Waals surface area contributed by atoms with Crippen LogP contribution in [0.2, 0.25) is 10.0 Å². The number of hydrogen-bond acceptors (Lipinski definition) is 9. The molecule has 6 rings (SSSR count). The number of aliphatic hydroxyl groups excluding tert-OH is 1. The fourth-order valence-electron chi connectivity index (χ4n) is 5.62. The van der Waals surface area contributed by atoms with E-state index in [1.807, 2.05) is 6.07 Å². The number of ketones is 1. The summed E-state index contributed by atoms with van der Waals surface area (Å²) in [7, 11) is 0. The predicted molar refractivity (Wildman–Crippen MR) is 140 cm³/mol. The molecular formula is C27H30Cl2N4O5. The number of halogens is 2. The monoisotopic (exact) mass is 560 g/mol. The van der Waals surface area contributed by atoms with Gasteiger partial charge >= 0.3 is 0 Å². The Labute approximate surface area is 230 Å². The van der Waals surface area contributed by atoms with Gasteiger partial charge in [0.15, 0.2) is 5.78 Å². The molecule has 9 nitrogen and oxygen atoms in total. The van der Waals surface area contributed by atoms with Crippen LogP contribution < -0.4 is 4.90 Å². The Bertz CT molecular complexity index is 1280. The number of benzene rings is 1. The maximum atomic E-state index is 11.8. The van der Waals surface area contributed by atoms with Gasteiger partial charge in [-0.05, 0) is 62.2 Å². The summed E-state index contributed by atoms with van der Waals surface area (Å²) < 4.78 is 17.7. The van der Waals surface area contributed by atoms with Crippen LogP contribution in [0.5, 0.6) is 0 Å². The van der Waals surface area contributed by atoms with Crippen LogP contribution in [-0.2, 0) is 16.1 Å². The van der Waals surface area contributed by atoms with E-state index in [0.29, 0.717) is 52.1 Å². The first-order valence-corrected chi connectivity index (χ1v) is 14.0. The zero-order valence-corrected chi connectivity index (χ0v) is 22.5. The van der Waals surface area contributed by atoms with Crippen molar-refractivity contribution in [3.63, 3.8) is 0 Å². The van der Waals surface area contributed by atoms with Gasteiger partial charge in [0, 0.05) is 42.0 Å². The van der Waals surface area contributed by atoms with E-state index in [4.69, 9.17) is 42.1 Å². The van der Waals surface area contributed by atoms with Crippen LogP contribution in [0.3, 0.4) is 0 Å². The molecule has 2 unspecified atom stereocenters. The van der Waals surface area contributed by atoms with Crippen molar-refractivity contribution in [3.05, 3.63) is 45.5 Å². The quantitative estimate of drug-likeness (QED) is 0.360. The normalized spacial score (nSPS) is 22.3. The van der Waals surface area contributed by atoms with Gasteiger partial charge in [-0.1, -0.05) is 34.4 Å². The van der Waals surface area contributed by atoms with Crippen LogP contribution in [0.4, 0.5) is 5.95 Å². The molecular weight excluding hydrogens is 531 g/mol. The number of aliphatic hydroxyl groups is 1. The fourth-order valence-corrected chi connectivity index (χ4v) is 6.20. The summed E-state index contributed by atoms with van der Waals surface area (Å²) in [6.45, 7) is 1.49. The lowest BCUT2D eigenvalue weighted by Gasteiger charge is -2.30. The van der Waals surface area contributed by atoms with Crippen molar-refractivity contribution in [1.29, 1.82) is 0 Å². The van der Waals surface area contributed by atoms with Gasteiger partial charge in [0.25, 0.3) is 5.95 Å². The molecule has 1 saturated heterocycles. The van der Waals surface area contributed by atoms with Gasteiger partial charge in [-0.15, -0.1) is 0 Å². The van der Waals surface area contributed by atoms with Crippen molar-refractivity contribution >= 4 is 34.9 Å². The van der Waals surface area contributed by atoms with Crippen LogP contribution in [0, 0.1) is 5.92 Å². The van der Waals surface area contributed by atoms with Gasteiger partial charge in [0.2, 0.25) is 5.89 Å². The number of piperidine rings is 1. The Balaban J connectivity index is 1.07. The molecule has 2 aromatic heterocycles. The number of rotatable bonds is 9. The molecule has 1 N–H and O–H groups in total. The molecule has 0 spiro atoms. The molecule has 202 valence electrons. The van der Waals surface area contributed by atoms with E-state index in [2.05, 4.69) is 20.2 Å². The van der Waals surface area contributed by atoms with Crippen molar-refractivity contribution < 1.29 is 23.7 Å². The van der Waals surface area contributed by atoms with E-state index < -0.39 is 6.61 Å². The summed E-state index contributed by atoms with van der Waals surface area (Å²) in [5.41, 5.74) is 2.28. The maximum Gasteiger partial charge on any atom is 0.266 e. The van der Waals surface area contributed by atoms with E-state index in [0.717, 1.165) is 62.9 Å². The minimum Gasteiger partial charge on any atom is -0.389 e. The lowest BCUT2D eigenvalue weighted by atomic mass is 10.0. The molecule has 0 amide bonds. The highest BCUT2D eigenvalue weighted by atomic mass is 35.5. The topological polar surface area (TPSA) is 115 Å². The standard InChI is InChI=1S/C27H30Cl2N4O5/c28-20-2-1-3-21(29)23(20)24-19(25(37-31-24)15-4-5-15)14-36-18-8-10-33(11-9-18)27-30-26(38-32-27)17-7-6-16(12-17)22(35)13-34/h1-3,15-18,34H,4-14H2. The van der Waals surface area contributed by atoms with Crippen LogP contribution in [0.15, 0.2) is 27.2 Å². The minimum atomic E-state index is -0.405. The van der Waals surface area contributed by atoms with Gasteiger partial charge in [-0.3, -0.25) is 4.79 Å². The summed E-state index contributed by atoms with van der Waals surface area (Å²) in [6, 6.07) is 5.42. The van der Waals surface area contributed by atoms with E-state index in [1.54, 1.807) is 12.1 Å². The second-order valence-corrected chi connectivity index (χ2v) is 11.3. The highest BCUT2D eigenvalue weighted by Crippen LogP contribution is 2.46. The number of aromatic nitrogens is 3. The first-order chi connectivity index (χ1) is 18.5. The Morgan fingerprint density at radius 2 is 1.76 bits per heavy atom. The Kier molecular flexibility index (Phi) is 7.44. The van der Waals surface area contributed by atoms with E-state index >= 15 is 0 Å². The largest absolute Gasteiger partial charge is 0.389 e. The molecule has 38 heavy (non-hydrogen) atoms. The predicted octanol–water partition coefficient (Wildman–Crippen LogP) is 5.54. The average molecular weight is 561 g/mol. The summed E-state index contributed by atoms with van der Waals surface area (Å²) in [4.78, 5) is 18.6. The fraction of sp³-hybridized carbons (Fsp3) is 0.556. The Hall–Kier alpha value is -2.46. The van der Waals surface area contributed by atoms with Crippen molar-refractivity contribution in [1.82, 2.24) is 15.3 Å². The molecule has 11 heteroatoms. The van der Waals surface area contributed by atoms with Gasteiger partial charge in [-0.25, -0.2) is 0 Å². The first-order valence-electron chi connectivity index (χ1n) is 13.3. The van der Waals surface area contributed by atoms with Gasteiger partial charge in [0.05, 0.1) is 22.8 Å². The number of nitrogens with zero attached hydrogens (tertiary/aromatic N) is 4. The lowest BCUT2D eigenvalue weighted by Crippen LogP contribution is -2.37. The minimum absolute atomic E-state index is 0.0719. The van der Waals surface area contributed by atoms with Gasteiger partial charge in [-0.2, -0.15) is 4.98 Å². The number of carbonyl (C=O) groups excluding carboxylic acids is 1. The SMILES string of the molecule is O=C(CO)C1CCC(c2nc(N3CCC(OCc4c(-c5c(Cl)cccc5Cl)noc4C4CC4)CC3)no2)C1. The summed E-state index contributed by atoms with van der Waals surface area (Å²) in [5, 5.41) is 18.8. The molecule has 1 aromatic carbocycles. The maximum absolute atomic E-state index is 11.8. The molecule has 2 atom stereocenters. The van der Waals surface area contributed by atoms with Crippen LogP contribution >= 0.6 is 23.2 Å². The summed E-state index contributed by atoms with van der Waals surface area (Å²) in [5.74, 6) is 2.27. The van der Waals surface area contributed by atoms with Crippen LogP contribution in [0.25, 0.3) is 11.3 Å². The van der Waals surface area contributed by atoms with Crippen molar-refractivity contribution in [2.24, 2.45) is 5.92 Å². The molecule has 0 bridgehead atoms. The van der Waals surface area contributed by atoms with Crippen LogP contribution in [-0.4, -0.2) is 52.0 Å². The smallest absolute Gasteiger partial charge is 0.266 e. The Morgan fingerprint density at radius 1 is 1.03 bits per heavy atom. The zero-order chi connectivity index (χ0) is 26.2. The molecule has 3 fully saturated rings. The molecule has 1 aliphatic heterocycles. The zero-order valence-electron chi connectivity index (χ0n) is 20.9. The number of hydrogen-bond donors (Lipinski definition) is 1. The molecule has 3 heterocycles. The second-order valence-electron chi connectivity index (χ2n) is 10.5. The average Bonchev–Trinajstić information content (AvgIpc) is 3.31. The van der Waals surface area contributed by atoms with E-state index in [1.165, 1.54) is 0 Å². The van der Waals surface area contributed by atoms with Crippen molar-refractivity contribution in [3.8, 4) is 11.3 Å². The number of ether oxygens (including phenoxy) is 1. The van der Waals surface area contributed by atoms with Gasteiger partial charge < -0.3 is 23.8 Å². The summed E-state index contributed by atoms with van der Waals surface area (Å²) in [6.07, 6.45) is 6.13. The molecule has 2 saturated carbocycles. The number of Topliss-reactive ketones (excluding diaryl/α,β-unsaturated/α-hetero) is 1. The lowest BCUT2D eigenvalue weighted by molar-refractivity contribution is -0.125. The highest BCUT2D eigenvalue weighted by molar-refractivity contribution is 6.39. The summed E-state index contributed by atoms with van der Waals surface area (Å²) >= 11 is 13.0. The van der Waals surface area contributed by atoms with E-state index in [9.17, 15) is 4.79 Å². The van der Waals surface area contributed by atoms with E-state index in [-0.39, 0.29) is 23.7 Å². The third kappa shape index (κ3) is 5.21. The van der Waals surface area contributed by atoms with Crippen LogP contribution in [0.1, 0.15) is 74.0 Å². The second kappa shape index (κ2) is 11.0. The van der Waals surface area contributed by atoms with Crippen molar-refractivity contribution in [2.75, 3.05) is 24.6 Å². The third-order valence-electron chi connectivity index (χ3n) is 7.98. The molecule has 0 radical (unpaired) electrons. The van der Waals surface area contributed by atoms with Gasteiger partial charge in [0.1, 0.15) is 18.1 Å². The Morgan fingerprint density at radius 3 is 2.47 bits per heavy atom. The highest BCUT2D eigenvalue weighted by Gasteiger charge is 2.35.